The Morgan fingerprint density at radius 2 is 1.86 bits per heavy atom. The summed E-state index contributed by atoms with van der Waals surface area (Å²) >= 11 is 0. The van der Waals surface area contributed by atoms with Crippen LogP contribution in [-0.2, 0) is 0 Å². The first-order valence-electron chi connectivity index (χ1n) is 3.43. The Kier molecular flexibility index (Phi) is 1.72. The molecule has 1 rings (SSSR count). The largest absolute Gasteiger partial charge is 0.0651 e. The predicted molar refractivity (Wildman–Crippen MR) is 32.2 cm³/mol. The smallest absolute Gasteiger partial charge is 0.0417 e. The second-order valence-corrected chi connectivity index (χ2v) is 2.56. The summed E-state index contributed by atoms with van der Waals surface area (Å²) in [6.07, 6.45) is 7.43. The molecule has 0 heteroatoms. The van der Waals surface area contributed by atoms with Crippen LogP contribution in [0.15, 0.2) is 0 Å². The molecule has 0 aromatic rings. The summed E-state index contributed by atoms with van der Waals surface area (Å²) in [7, 11) is 0. The van der Waals surface area contributed by atoms with Crippen molar-refractivity contribution in [1.82, 2.24) is 0 Å². The molecule has 0 aliphatic heterocycles. The Hall–Kier alpha value is 0. The lowest BCUT2D eigenvalue weighted by Gasteiger charge is -1.99. The standard InChI is InChI=1S/C7H14/c1-2-7-5-3-4-6-7/h7H,2-6H2,1H3. The summed E-state index contributed by atoms with van der Waals surface area (Å²) in [5.74, 6) is 1.10. The van der Waals surface area contributed by atoms with Crippen molar-refractivity contribution in [2.45, 2.75) is 39.0 Å². The molecule has 7 heavy (non-hydrogen) atoms. The summed E-state index contributed by atoms with van der Waals surface area (Å²) in [4.78, 5) is 0. The van der Waals surface area contributed by atoms with Crippen LogP contribution in [0.2, 0.25) is 0 Å². The highest BCUT2D eigenvalue weighted by molar-refractivity contribution is 4.64. The molecule has 1 aliphatic rings. The molecule has 0 bridgehead atoms. The minimum atomic E-state index is 1.10. The van der Waals surface area contributed by atoms with Crippen LogP contribution in [0.3, 0.4) is 0 Å². The molecular formula is C7H14. The van der Waals surface area contributed by atoms with E-state index >= 15 is 0 Å². The van der Waals surface area contributed by atoms with Crippen molar-refractivity contribution in [1.29, 1.82) is 0 Å². The number of hydrogen-bond acceptors (Lipinski definition) is 0. The van der Waals surface area contributed by atoms with Gasteiger partial charge in [-0.25, -0.2) is 0 Å². The molecule has 0 spiro atoms. The molecular weight excluding hydrogens is 84.1 g/mol. The quantitative estimate of drug-likeness (QED) is 0.473. The van der Waals surface area contributed by atoms with E-state index in [1.165, 1.54) is 32.1 Å². The van der Waals surface area contributed by atoms with Crippen molar-refractivity contribution in [2.24, 2.45) is 5.92 Å². The fourth-order valence-corrected chi connectivity index (χ4v) is 1.42. The summed E-state index contributed by atoms with van der Waals surface area (Å²) in [5.41, 5.74) is 0. The van der Waals surface area contributed by atoms with E-state index in [2.05, 4.69) is 6.92 Å². The van der Waals surface area contributed by atoms with Crippen LogP contribution < -0.4 is 0 Å². The molecule has 0 aromatic carbocycles. The van der Waals surface area contributed by atoms with E-state index in [9.17, 15) is 0 Å². The maximum atomic E-state index is 2.30. The van der Waals surface area contributed by atoms with Gasteiger partial charge in [0.05, 0.1) is 0 Å². The molecule has 0 heterocycles. The lowest BCUT2D eigenvalue weighted by Crippen LogP contribution is -1.86. The van der Waals surface area contributed by atoms with Gasteiger partial charge in [0.25, 0.3) is 0 Å². The Balaban J connectivity index is 2.14. The average molecular weight is 98.2 g/mol. The summed E-state index contributed by atoms with van der Waals surface area (Å²) in [6.45, 7) is 2.30. The first-order valence-corrected chi connectivity index (χ1v) is 3.43. The topological polar surface area (TPSA) is 0 Å². The molecule has 1 saturated carbocycles. The van der Waals surface area contributed by atoms with Gasteiger partial charge in [-0.1, -0.05) is 39.0 Å². The van der Waals surface area contributed by atoms with E-state index in [-0.39, 0.29) is 0 Å². The maximum absolute atomic E-state index is 2.30. The lowest BCUT2D eigenvalue weighted by molar-refractivity contribution is 0.531. The van der Waals surface area contributed by atoms with E-state index in [4.69, 9.17) is 0 Å². The Morgan fingerprint density at radius 1 is 1.29 bits per heavy atom. The molecule has 1 aliphatic carbocycles. The summed E-state index contributed by atoms with van der Waals surface area (Å²) in [6, 6.07) is 0. The van der Waals surface area contributed by atoms with Crippen molar-refractivity contribution in [3.63, 3.8) is 0 Å². The first kappa shape index (κ1) is 5.14. The molecule has 0 unspecified atom stereocenters. The van der Waals surface area contributed by atoms with E-state index in [0.717, 1.165) is 5.92 Å². The zero-order chi connectivity index (χ0) is 5.11. The van der Waals surface area contributed by atoms with Crippen LogP contribution in [0.4, 0.5) is 0 Å². The van der Waals surface area contributed by atoms with Crippen LogP contribution in [0.1, 0.15) is 39.0 Å². The van der Waals surface area contributed by atoms with Crippen LogP contribution in [-0.4, -0.2) is 0 Å². The van der Waals surface area contributed by atoms with Crippen molar-refractivity contribution >= 4 is 0 Å². The third kappa shape index (κ3) is 1.19. The second kappa shape index (κ2) is 2.34. The average Bonchev–Trinajstić information content (AvgIpc) is 2.14. The zero-order valence-corrected chi connectivity index (χ0v) is 5.11. The molecule has 0 atom stereocenters. The number of hydrogen-bond donors (Lipinski definition) is 0. The predicted octanol–water partition coefficient (Wildman–Crippen LogP) is 2.59. The van der Waals surface area contributed by atoms with Gasteiger partial charge in [0.1, 0.15) is 0 Å². The van der Waals surface area contributed by atoms with Crippen LogP contribution >= 0.6 is 0 Å². The third-order valence-electron chi connectivity index (χ3n) is 2.05. The SMILES string of the molecule is CCC1CCCC1. The highest BCUT2D eigenvalue weighted by Gasteiger charge is 2.11. The number of rotatable bonds is 1. The normalized spacial score (nSPS) is 23.6. The van der Waals surface area contributed by atoms with Crippen molar-refractivity contribution in [3.8, 4) is 0 Å². The van der Waals surface area contributed by atoms with Gasteiger partial charge in [-0.3, -0.25) is 0 Å². The van der Waals surface area contributed by atoms with Crippen LogP contribution in [0.25, 0.3) is 0 Å². The van der Waals surface area contributed by atoms with Crippen LogP contribution in [0.5, 0.6) is 0 Å². The Labute approximate surface area is 45.9 Å². The van der Waals surface area contributed by atoms with Gasteiger partial charge in [0.15, 0.2) is 0 Å². The molecule has 0 aromatic heterocycles. The first-order chi connectivity index (χ1) is 3.43. The van der Waals surface area contributed by atoms with Gasteiger partial charge >= 0.3 is 0 Å². The second-order valence-electron chi connectivity index (χ2n) is 2.56. The Morgan fingerprint density at radius 3 is 2.14 bits per heavy atom. The highest BCUT2D eigenvalue weighted by atomic mass is 14.2. The van der Waals surface area contributed by atoms with Gasteiger partial charge in [-0.2, -0.15) is 0 Å². The van der Waals surface area contributed by atoms with Gasteiger partial charge in [0, 0.05) is 0 Å². The summed E-state index contributed by atoms with van der Waals surface area (Å²) in [5, 5.41) is 0. The molecule has 42 valence electrons. The molecule has 0 saturated heterocycles. The minimum Gasteiger partial charge on any atom is -0.0651 e. The van der Waals surface area contributed by atoms with Crippen molar-refractivity contribution < 1.29 is 0 Å². The van der Waals surface area contributed by atoms with E-state index in [0.29, 0.717) is 0 Å². The maximum Gasteiger partial charge on any atom is -0.0417 e. The van der Waals surface area contributed by atoms with Gasteiger partial charge in [-0.15, -0.1) is 0 Å². The minimum absolute atomic E-state index is 1.10. The van der Waals surface area contributed by atoms with E-state index in [1.54, 1.807) is 0 Å². The molecule has 0 N–H and O–H groups in total. The van der Waals surface area contributed by atoms with Gasteiger partial charge < -0.3 is 0 Å². The molecule has 0 amide bonds. The lowest BCUT2D eigenvalue weighted by atomic mass is 10.1. The van der Waals surface area contributed by atoms with Crippen LogP contribution in [0, 0.1) is 5.92 Å². The molecule has 0 radical (unpaired) electrons. The zero-order valence-electron chi connectivity index (χ0n) is 5.11. The van der Waals surface area contributed by atoms with Gasteiger partial charge in [0.2, 0.25) is 0 Å². The molecule has 0 nitrogen and oxygen atoms in total. The Bertz CT molecular complexity index is 42.0. The third-order valence-corrected chi connectivity index (χ3v) is 2.05. The van der Waals surface area contributed by atoms with Gasteiger partial charge in [-0.05, 0) is 5.92 Å². The van der Waals surface area contributed by atoms with Crippen molar-refractivity contribution in [3.05, 3.63) is 0 Å². The summed E-state index contributed by atoms with van der Waals surface area (Å²) < 4.78 is 0. The van der Waals surface area contributed by atoms with Crippen molar-refractivity contribution in [2.75, 3.05) is 0 Å². The van der Waals surface area contributed by atoms with E-state index < -0.39 is 0 Å². The van der Waals surface area contributed by atoms with E-state index in [1.807, 2.05) is 0 Å². The fraction of sp³-hybridized carbons (Fsp3) is 1.00. The highest BCUT2D eigenvalue weighted by Crippen LogP contribution is 2.26. The fourth-order valence-electron chi connectivity index (χ4n) is 1.42. The molecule has 1 fully saturated rings. The monoisotopic (exact) mass is 98.1 g/mol.